The summed E-state index contributed by atoms with van der Waals surface area (Å²) in [5.41, 5.74) is 0.827. The molecule has 1 fully saturated rings. The summed E-state index contributed by atoms with van der Waals surface area (Å²) in [5.74, 6) is 0.499. The number of nitrogens with one attached hydrogen (secondary N) is 1. The molecule has 0 aliphatic heterocycles. The Morgan fingerprint density at radius 2 is 1.72 bits per heavy atom. The van der Waals surface area contributed by atoms with Crippen LogP contribution in [0.4, 0.5) is 5.69 Å². The van der Waals surface area contributed by atoms with Crippen molar-refractivity contribution in [2.75, 3.05) is 0 Å². The molecule has 140 valence electrons. The highest BCUT2D eigenvalue weighted by Gasteiger charge is 2.32. The molecule has 0 atom stereocenters. The second-order valence-corrected chi connectivity index (χ2v) is 9.45. The molecule has 1 aliphatic carbocycles. The highest BCUT2D eigenvalue weighted by molar-refractivity contribution is 7.88. The van der Waals surface area contributed by atoms with Crippen molar-refractivity contribution >= 4 is 15.7 Å². The molecule has 0 heterocycles. The number of nitro groups is 1. The van der Waals surface area contributed by atoms with Crippen molar-refractivity contribution in [3.05, 3.63) is 39.9 Å². The van der Waals surface area contributed by atoms with E-state index < -0.39 is 14.9 Å². The van der Waals surface area contributed by atoms with E-state index in [1.165, 1.54) is 24.3 Å². The summed E-state index contributed by atoms with van der Waals surface area (Å²) in [6.45, 7) is 6.78. The third-order valence-corrected chi connectivity index (χ3v) is 7.00. The van der Waals surface area contributed by atoms with E-state index in [2.05, 4.69) is 25.5 Å². The van der Waals surface area contributed by atoms with Crippen LogP contribution >= 0.6 is 0 Å². The van der Waals surface area contributed by atoms with Gasteiger partial charge in [0.1, 0.15) is 0 Å². The van der Waals surface area contributed by atoms with Gasteiger partial charge in [0.05, 0.1) is 10.7 Å². The lowest BCUT2D eigenvalue weighted by Gasteiger charge is -2.39. The van der Waals surface area contributed by atoms with Crippen molar-refractivity contribution in [2.24, 2.45) is 11.3 Å². The molecule has 0 unspecified atom stereocenters. The molecule has 7 heteroatoms. The van der Waals surface area contributed by atoms with E-state index in [-0.39, 0.29) is 17.5 Å². The molecule has 1 aromatic rings. The number of sulfonamides is 1. The third kappa shape index (κ3) is 5.51. The van der Waals surface area contributed by atoms with Crippen LogP contribution in [0.25, 0.3) is 0 Å². The topological polar surface area (TPSA) is 89.3 Å². The van der Waals surface area contributed by atoms with Crippen LogP contribution in [0.3, 0.4) is 0 Å². The Kier molecular flexibility index (Phi) is 6.21. The minimum Gasteiger partial charge on any atom is -0.258 e. The summed E-state index contributed by atoms with van der Waals surface area (Å²) in [4.78, 5) is 10.2. The van der Waals surface area contributed by atoms with Gasteiger partial charge < -0.3 is 0 Å². The lowest BCUT2D eigenvalue weighted by Crippen LogP contribution is -2.40. The van der Waals surface area contributed by atoms with Gasteiger partial charge in [-0.1, -0.05) is 39.3 Å². The van der Waals surface area contributed by atoms with Crippen molar-refractivity contribution in [2.45, 2.75) is 64.7 Å². The molecule has 1 aromatic carbocycles. The maximum atomic E-state index is 12.4. The molecule has 0 aromatic heterocycles. The van der Waals surface area contributed by atoms with E-state index in [1.807, 2.05) is 0 Å². The number of nitrogens with zero attached hydrogens (tertiary/aromatic N) is 1. The predicted octanol–water partition coefficient (Wildman–Crippen LogP) is 4.01. The first-order valence-corrected chi connectivity index (χ1v) is 10.5. The van der Waals surface area contributed by atoms with Crippen LogP contribution in [0, 0.1) is 21.4 Å². The minimum atomic E-state index is -3.45. The molecule has 0 spiro atoms. The SMILES string of the molecule is CCC(C)(C)C1CCC(NS(=O)(=O)Cc2ccc([N+](=O)[O-])cc2)CC1. The number of benzene rings is 1. The predicted molar refractivity (Wildman–Crippen MR) is 98.7 cm³/mol. The van der Waals surface area contributed by atoms with Gasteiger partial charge in [0.2, 0.25) is 10.0 Å². The van der Waals surface area contributed by atoms with Crippen LogP contribution < -0.4 is 4.72 Å². The normalized spacial score (nSPS) is 21.9. The van der Waals surface area contributed by atoms with Crippen LogP contribution in [0.15, 0.2) is 24.3 Å². The Labute approximate surface area is 150 Å². The molecular weight excluding hydrogens is 340 g/mol. The van der Waals surface area contributed by atoms with Gasteiger partial charge in [-0.05, 0) is 42.6 Å². The molecule has 25 heavy (non-hydrogen) atoms. The van der Waals surface area contributed by atoms with Gasteiger partial charge in [0.25, 0.3) is 5.69 Å². The highest BCUT2D eigenvalue weighted by Crippen LogP contribution is 2.40. The Bertz CT molecular complexity index is 690. The lowest BCUT2D eigenvalue weighted by atomic mass is 9.69. The summed E-state index contributed by atoms with van der Waals surface area (Å²) in [5, 5.41) is 10.7. The second-order valence-electron chi connectivity index (χ2n) is 7.69. The zero-order valence-electron chi connectivity index (χ0n) is 15.2. The van der Waals surface area contributed by atoms with E-state index in [0.717, 1.165) is 32.1 Å². The van der Waals surface area contributed by atoms with Crippen LogP contribution in [0.5, 0.6) is 0 Å². The first-order valence-electron chi connectivity index (χ1n) is 8.86. The van der Waals surface area contributed by atoms with Crippen LogP contribution in [0.1, 0.15) is 58.4 Å². The van der Waals surface area contributed by atoms with Crippen LogP contribution in [-0.4, -0.2) is 19.4 Å². The van der Waals surface area contributed by atoms with E-state index in [0.29, 0.717) is 16.9 Å². The fourth-order valence-corrected chi connectivity index (χ4v) is 4.97. The molecule has 0 bridgehead atoms. The van der Waals surface area contributed by atoms with Gasteiger partial charge in [0.15, 0.2) is 0 Å². The van der Waals surface area contributed by atoms with Crippen LogP contribution in [0.2, 0.25) is 0 Å². The van der Waals surface area contributed by atoms with Gasteiger partial charge in [-0.25, -0.2) is 13.1 Å². The summed E-state index contributed by atoms with van der Waals surface area (Å²) in [6, 6.07) is 5.66. The maximum absolute atomic E-state index is 12.4. The number of nitro benzene ring substituents is 1. The molecule has 6 nitrogen and oxygen atoms in total. The van der Waals surface area contributed by atoms with E-state index in [9.17, 15) is 18.5 Å². The van der Waals surface area contributed by atoms with Gasteiger partial charge in [0, 0.05) is 18.2 Å². The fourth-order valence-electron chi connectivity index (χ4n) is 3.51. The minimum absolute atomic E-state index is 0.00745. The molecule has 0 radical (unpaired) electrons. The Morgan fingerprint density at radius 1 is 1.16 bits per heavy atom. The van der Waals surface area contributed by atoms with Crippen molar-refractivity contribution < 1.29 is 13.3 Å². The summed E-state index contributed by atoms with van der Waals surface area (Å²) >= 11 is 0. The van der Waals surface area contributed by atoms with Crippen molar-refractivity contribution in [3.63, 3.8) is 0 Å². The van der Waals surface area contributed by atoms with E-state index in [1.54, 1.807) is 0 Å². The third-order valence-electron chi connectivity index (χ3n) is 5.59. The average molecular weight is 368 g/mol. The number of hydrogen-bond acceptors (Lipinski definition) is 4. The molecule has 0 amide bonds. The second kappa shape index (κ2) is 7.83. The van der Waals surface area contributed by atoms with Gasteiger partial charge in [-0.3, -0.25) is 10.1 Å². The Hall–Kier alpha value is -1.47. The number of rotatable bonds is 7. The van der Waals surface area contributed by atoms with Crippen LogP contribution in [-0.2, 0) is 15.8 Å². The average Bonchev–Trinajstić information content (AvgIpc) is 2.55. The van der Waals surface area contributed by atoms with E-state index >= 15 is 0 Å². The highest BCUT2D eigenvalue weighted by atomic mass is 32.2. The molecule has 1 saturated carbocycles. The largest absolute Gasteiger partial charge is 0.269 e. The fraction of sp³-hybridized carbons (Fsp3) is 0.667. The molecule has 0 saturated heterocycles. The number of non-ortho nitro benzene ring substituents is 1. The van der Waals surface area contributed by atoms with Gasteiger partial charge in [-0.15, -0.1) is 0 Å². The first-order chi connectivity index (χ1) is 11.6. The van der Waals surface area contributed by atoms with Crippen molar-refractivity contribution in [1.82, 2.24) is 4.72 Å². The zero-order chi connectivity index (χ0) is 18.7. The Morgan fingerprint density at radius 3 is 2.20 bits per heavy atom. The Balaban J connectivity index is 1.90. The molecule has 2 rings (SSSR count). The smallest absolute Gasteiger partial charge is 0.258 e. The van der Waals surface area contributed by atoms with Crippen molar-refractivity contribution in [3.8, 4) is 0 Å². The quantitative estimate of drug-likeness (QED) is 0.582. The first kappa shape index (κ1) is 19.8. The van der Waals surface area contributed by atoms with E-state index in [4.69, 9.17) is 0 Å². The molecule has 1 aliphatic rings. The summed E-state index contributed by atoms with van der Waals surface area (Å²) in [6.07, 6.45) is 4.96. The standard InChI is InChI=1S/C18H28N2O4S/c1-4-18(2,3)15-7-9-16(10-8-15)19-25(23,24)13-14-5-11-17(12-6-14)20(21)22/h5-6,11-12,15-16,19H,4,7-10,13H2,1-3H3. The van der Waals surface area contributed by atoms with Crippen molar-refractivity contribution in [1.29, 1.82) is 0 Å². The van der Waals surface area contributed by atoms with Gasteiger partial charge >= 0.3 is 0 Å². The zero-order valence-corrected chi connectivity index (χ0v) is 16.0. The van der Waals surface area contributed by atoms with Gasteiger partial charge in [-0.2, -0.15) is 0 Å². The summed E-state index contributed by atoms with van der Waals surface area (Å²) < 4.78 is 27.6. The monoisotopic (exact) mass is 368 g/mol. The maximum Gasteiger partial charge on any atom is 0.269 e. The number of hydrogen-bond donors (Lipinski definition) is 1. The molecular formula is C18H28N2O4S. The lowest BCUT2D eigenvalue weighted by molar-refractivity contribution is -0.384. The molecule has 1 N–H and O–H groups in total. The summed E-state index contributed by atoms with van der Waals surface area (Å²) in [7, 11) is -3.45.